The molecule has 0 fully saturated rings. The number of methoxy groups -OCH3 is 2. The van der Waals surface area contributed by atoms with Crippen LogP contribution in [-0.4, -0.2) is 35.2 Å². The number of nitrogens with one attached hydrogen (secondary N) is 3. The summed E-state index contributed by atoms with van der Waals surface area (Å²) < 4.78 is 8.56. The minimum Gasteiger partial charge on any atom is -0.497 e. The van der Waals surface area contributed by atoms with E-state index in [-0.39, 0.29) is 15.7 Å². The lowest BCUT2D eigenvalue weighted by Gasteiger charge is -2.28. The molecule has 0 unspecified atom stereocenters. The molecule has 1 amide bonds. The molecule has 3 N–H and O–H groups in total. The third-order valence-corrected chi connectivity index (χ3v) is 4.86. The molecule has 0 aliphatic rings. The van der Waals surface area contributed by atoms with E-state index in [0.717, 1.165) is 0 Å². The number of carbonyl (C=O) groups is 1. The second kappa shape index (κ2) is 10.4. The highest BCUT2D eigenvalue weighted by atomic mass is 35.6. The van der Waals surface area contributed by atoms with Crippen LogP contribution in [0.4, 0.5) is 5.69 Å². The fourth-order valence-electron chi connectivity index (χ4n) is 2.26. The Morgan fingerprint density at radius 1 is 1.07 bits per heavy atom. The molecule has 29 heavy (non-hydrogen) atoms. The highest BCUT2D eigenvalue weighted by Gasteiger charge is 2.35. The molecule has 11 heteroatoms. The SMILES string of the molecule is COc1ccc(OC)c(NC(=S)N[C@H](NC(=O)c2ccccc2Cl)C(Cl)(Cl)Cl)c1. The van der Waals surface area contributed by atoms with Gasteiger partial charge < -0.3 is 25.4 Å². The number of thiocarbonyl (C=S) groups is 1. The Labute approximate surface area is 193 Å². The van der Waals surface area contributed by atoms with Gasteiger partial charge in [-0.2, -0.15) is 0 Å². The summed E-state index contributed by atoms with van der Waals surface area (Å²) in [5.74, 6) is 0.558. The molecule has 0 heterocycles. The van der Waals surface area contributed by atoms with Crippen molar-refractivity contribution in [1.29, 1.82) is 0 Å². The Balaban J connectivity index is 2.16. The van der Waals surface area contributed by atoms with Crippen LogP contribution in [0.25, 0.3) is 0 Å². The van der Waals surface area contributed by atoms with Gasteiger partial charge in [-0.3, -0.25) is 4.79 Å². The molecule has 2 rings (SSSR count). The summed E-state index contributed by atoms with van der Waals surface area (Å²) in [6.45, 7) is 0. The predicted molar refractivity (Wildman–Crippen MR) is 122 cm³/mol. The Hall–Kier alpha value is -1.64. The van der Waals surface area contributed by atoms with E-state index in [1.807, 2.05) is 0 Å². The minimum atomic E-state index is -1.92. The third-order valence-electron chi connectivity index (χ3n) is 3.65. The normalized spacial score (nSPS) is 11.9. The van der Waals surface area contributed by atoms with Gasteiger partial charge in [-0.25, -0.2) is 0 Å². The van der Waals surface area contributed by atoms with Crippen molar-refractivity contribution in [2.24, 2.45) is 0 Å². The quantitative estimate of drug-likeness (QED) is 0.304. The van der Waals surface area contributed by atoms with Crippen molar-refractivity contribution in [3.05, 3.63) is 53.1 Å². The van der Waals surface area contributed by atoms with Crippen LogP contribution in [0.3, 0.4) is 0 Å². The van der Waals surface area contributed by atoms with E-state index >= 15 is 0 Å². The zero-order valence-electron chi connectivity index (χ0n) is 15.3. The van der Waals surface area contributed by atoms with E-state index in [2.05, 4.69) is 16.0 Å². The van der Waals surface area contributed by atoms with Crippen LogP contribution in [0.1, 0.15) is 10.4 Å². The summed E-state index contributed by atoms with van der Waals surface area (Å²) >= 11 is 29.4. The number of anilines is 1. The van der Waals surface area contributed by atoms with Gasteiger partial charge in [0.2, 0.25) is 3.79 Å². The van der Waals surface area contributed by atoms with Gasteiger partial charge in [-0.1, -0.05) is 58.5 Å². The van der Waals surface area contributed by atoms with Gasteiger partial charge in [-0.15, -0.1) is 0 Å². The molecule has 0 radical (unpaired) electrons. The number of amides is 1. The van der Waals surface area contributed by atoms with E-state index in [1.54, 1.807) is 42.5 Å². The molecule has 0 saturated heterocycles. The standard InChI is InChI=1S/C18H17Cl4N3O3S/c1-27-10-7-8-14(28-2)13(9-10)23-17(29)25-16(18(20,21)22)24-15(26)11-5-3-4-6-12(11)19/h3-9,16H,1-2H3,(H,24,26)(H2,23,25,29)/t16-/m0/s1. The van der Waals surface area contributed by atoms with Gasteiger partial charge in [0, 0.05) is 6.07 Å². The maximum absolute atomic E-state index is 12.5. The highest BCUT2D eigenvalue weighted by Crippen LogP contribution is 2.31. The van der Waals surface area contributed by atoms with Crippen molar-refractivity contribution in [2.75, 3.05) is 19.5 Å². The van der Waals surface area contributed by atoms with Crippen molar-refractivity contribution in [2.45, 2.75) is 9.96 Å². The Bertz CT molecular complexity index is 893. The van der Waals surface area contributed by atoms with E-state index in [9.17, 15) is 4.79 Å². The van der Waals surface area contributed by atoms with Crippen molar-refractivity contribution in [3.63, 3.8) is 0 Å². The van der Waals surface area contributed by atoms with Crippen LogP contribution >= 0.6 is 58.6 Å². The maximum Gasteiger partial charge on any atom is 0.254 e. The fraction of sp³-hybridized carbons (Fsp3) is 0.222. The van der Waals surface area contributed by atoms with Crippen LogP contribution in [0, 0.1) is 0 Å². The second-order valence-corrected chi connectivity index (χ2v) is 8.78. The Morgan fingerprint density at radius 3 is 2.34 bits per heavy atom. The van der Waals surface area contributed by atoms with Crippen LogP contribution in [0.15, 0.2) is 42.5 Å². The fourth-order valence-corrected chi connectivity index (χ4v) is 3.03. The van der Waals surface area contributed by atoms with E-state index < -0.39 is 15.9 Å². The molecule has 156 valence electrons. The van der Waals surface area contributed by atoms with Gasteiger partial charge in [0.25, 0.3) is 5.91 Å². The molecule has 0 aromatic heterocycles. The van der Waals surface area contributed by atoms with Crippen molar-refractivity contribution in [1.82, 2.24) is 10.6 Å². The first kappa shape index (κ1) is 23.6. The second-order valence-electron chi connectivity index (χ2n) is 5.59. The lowest BCUT2D eigenvalue weighted by Crippen LogP contribution is -2.56. The number of rotatable bonds is 6. The lowest BCUT2D eigenvalue weighted by atomic mass is 10.2. The first-order chi connectivity index (χ1) is 13.7. The number of benzene rings is 2. The van der Waals surface area contributed by atoms with Gasteiger partial charge in [-0.05, 0) is 36.5 Å². The van der Waals surface area contributed by atoms with Gasteiger partial charge in [0.1, 0.15) is 17.7 Å². The maximum atomic E-state index is 12.5. The molecule has 2 aromatic rings. The predicted octanol–water partition coefficient (Wildman–Crippen LogP) is 4.77. The molecule has 0 saturated carbocycles. The number of ether oxygens (including phenoxy) is 2. The van der Waals surface area contributed by atoms with Crippen LogP contribution in [0.2, 0.25) is 5.02 Å². The molecule has 1 atom stereocenters. The molecule has 6 nitrogen and oxygen atoms in total. The van der Waals surface area contributed by atoms with E-state index in [4.69, 9.17) is 68.1 Å². The molecule has 0 bridgehead atoms. The average Bonchev–Trinajstić information content (AvgIpc) is 2.66. The van der Waals surface area contributed by atoms with Crippen molar-refractivity contribution < 1.29 is 14.3 Å². The molecular weight excluding hydrogens is 480 g/mol. The minimum absolute atomic E-state index is 0.0762. The summed E-state index contributed by atoms with van der Waals surface area (Å²) in [5.41, 5.74) is 0.744. The zero-order chi connectivity index (χ0) is 21.6. The zero-order valence-corrected chi connectivity index (χ0v) is 19.1. The summed E-state index contributed by atoms with van der Waals surface area (Å²) in [7, 11) is 3.04. The summed E-state index contributed by atoms with van der Waals surface area (Å²) in [5, 5.41) is 8.60. The van der Waals surface area contributed by atoms with Crippen LogP contribution < -0.4 is 25.4 Å². The number of halogens is 4. The number of carbonyl (C=O) groups excluding carboxylic acids is 1. The third kappa shape index (κ3) is 6.69. The van der Waals surface area contributed by atoms with Gasteiger partial charge in [0.05, 0.1) is 30.5 Å². The van der Waals surface area contributed by atoms with Crippen molar-refractivity contribution >= 4 is 75.3 Å². The first-order valence-electron chi connectivity index (χ1n) is 8.07. The monoisotopic (exact) mass is 495 g/mol. The van der Waals surface area contributed by atoms with Crippen LogP contribution in [-0.2, 0) is 0 Å². The number of hydrogen-bond donors (Lipinski definition) is 3. The summed E-state index contributed by atoms with van der Waals surface area (Å²) in [4.78, 5) is 12.5. The van der Waals surface area contributed by atoms with E-state index in [1.165, 1.54) is 14.2 Å². The lowest BCUT2D eigenvalue weighted by molar-refractivity contribution is 0.0934. The Kier molecular flexibility index (Phi) is 8.48. The number of hydrogen-bond acceptors (Lipinski definition) is 4. The highest BCUT2D eigenvalue weighted by molar-refractivity contribution is 7.80. The summed E-state index contributed by atoms with van der Waals surface area (Å²) in [6, 6.07) is 11.6. The molecule has 0 aliphatic carbocycles. The molecule has 0 spiro atoms. The Morgan fingerprint density at radius 2 is 1.76 bits per heavy atom. The van der Waals surface area contributed by atoms with E-state index in [0.29, 0.717) is 17.2 Å². The molecule has 2 aromatic carbocycles. The van der Waals surface area contributed by atoms with Gasteiger partial charge in [0.15, 0.2) is 5.11 Å². The average molecular weight is 497 g/mol. The summed E-state index contributed by atoms with van der Waals surface area (Å²) in [6.07, 6.45) is -1.16. The molecule has 0 aliphatic heterocycles. The largest absolute Gasteiger partial charge is 0.497 e. The molecular formula is C18H17Cl4N3O3S. The first-order valence-corrected chi connectivity index (χ1v) is 9.99. The van der Waals surface area contributed by atoms with Crippen LogP contribution in [0.5, 0.6) is 11.5 Å². The van der Waals surface area contributed by atoms with Gasteiger partial charge >= 0.3 is 0 Å². The smallest absolute Gasteiger partial charge is 0.254 e. The van der Waals surface area contributed by atoms with Crippen molar-refractivity contribution in [3.8, 4) is 11.5 Å². The number of alkyl halides is 3. The topological polar surface area (TPSA) is 71.6 Å².